The van der Waals surface area contributed by atoms with Crippen molar-refractivity contribution >= 4 is 0 Å². The maximum atomic E-state index is 5.13. The topological polar surface area (TPSA) is 27.1 Å². The quantitative estimate of drug-likeness (QED) is 0.788. The summed E-state index contributed by atoms with van der Waals surface area (Å²) >= 11 is 0. The number of hydrogen-bond acceptors (Lipinski definition) is 2. The van der Waals surface area contributed by atoms with Crippen LogP contribution in [0.4, 0.5) is 0 Å². The molecule has 1 heterocycles. The minimum Gasteiger partial charge on any atom is -0.497 e. The van der Waals surface area contributed by atoms with Crippen LogP contribution >= 0.6 is 0 Å². The third-order valence-electron chi connectivity index (χ3n) is 2.55. The van der Waals surface area contributed by atoms with Crippen molar-refractivity contribution in [1.82, 2.24) is 9.78 Å². The monoisotopic (exact) mass is 216 g/mol. The molecular formula is C13H16N2O. The zero-order valence-corrected chi connectivity index (χ0v) is 9.84. The van der Waals surface area contributed by atoms with Gasteiger partial charge in [-0.05, 0) is 31.5 Å². The molecule has 3 heteroatoms. The van der Waals surface area contributed by atoms with E-state index in [0.29, 0.717) is 6.04 Å². The van der Waals surface area contributed by atoms with Gasteiger partial charge in [0.2, 0.25) is 0 Å². The molecule has 1 aromatic carbocycles. The molecule has 0 N–H and O–H groups in total. The first-order chi connectivity index (χ1) is 7.70. The second-order valence-corrected chi connectivity index (χ2v) is 4.03. The van der Waals surface area contributed by atoms with Gasteiger partial charge in [0.25, 0.3) is 0 Å². The summed E-state index contributed by atoms with van der Waals surface area (Å²) in [5, 5.41) is 4.32. The normalized spacial score (nSPS) is 10.8. The molecule has 0 aliphatic rings. The summed E-state index contributed by atoms with van der Waals surface area (Å²) in [7, 11) is 1.67. The Bertz CT molecular complexity index is 457. The van der Waals surface area contributed by atoms with E-state index in [1.807, 2.05) is 35.1 Å². The molecule has 0 saturated heterocycles. The Morgan fingerprint density at radius 1 is 1.12 bits per heavy atom. The molecule has 0 radical (unpaired) electrons. The van der Waals surface area contributed by atoms with E-state index in [1.54, 1.807) is 7.11 Å². The van der Waals surface area contributed by atoms with Gasteiger partial charge in [-0.15, -0.1) is 0 Å². The molecule has 0 spiro atoms. The highest BCUT2D eigenvalue weighted by molar-refractivity contribution is 5.62. The predicted octanol–water partition coefficient (Wildman–Crippen LogP) is 3.14. The lowest BCUT2D eigenvalue weighted by Crippen LogP contribution is -1.99. The van der Waals surface area contributed by atoms with Gasteiger partial charge in [0, 0.05) is 17.8 Å². The third kappa shape index (κ3) is 2.08. The van der Waals surface area contributed by atoms with E-state index < -0.39 is 0 Å². The lowest BCUT2D eigenvalue weighted by atomic mass is 10.1. The molecular weight excluding hydrogens is 200 g/mol. The highest BCUT2D eigenvalue weighted by atomic mass is 16.5. The van der Waals surface area contributed by atoms with E-state index in [1.165, 1.54) is 0 Å². The van der Waals surface area contributed by atoms with E-state index in [0.717, 1.165) is 16.9 Å². The Hall–Kier alpha value is -1.77. The maximum Gasteiger partial charge on any atom is 0.118 e. The van der Waals surface area contributed by atoms with Crippen molar-refractivity contribution in [1.29, 1.82) is 0 Å². The highest BCUT2D eigenvalue weighted by Crippen LogP contribution is 2.22. The largest absolute Gasteiger partial charge is 0.497 e. The van der Waals surface area contributed by atoms with Crippen LogP contribution in [0.25, 0.3) is 11.1 Å². The van der Waals surface area contributed by atoms with Crippen molar-refractivity contribution in [2.45, 2.75) is 19.9 Å². The lowest BCUT2D eigenvalue weighted by Gasteiger charge is -2.03. The van der Waals surface area contributed by atoms with Crippen molar-refractivity contribution < 1.29 is 4.74 Å². The smallest absolute Gasteiger partial charge is 0.118 e. The number of aromatic nitrogens is 2. The maximum absolute atomic E-state index is 5.13. The second kappa shape index (κ2) is 4.39. The van der Waals surface area contributed by atoms with Gasteiger partial charge in [-0.3, -0.25) is 4.68 Å². The number of methoxy groups -OCH3 is 1. The molecule has 84 valence electrons. The van der Waals surface area contributed by atoms with E-state index in [4.69, 9.17) is 4.74 Å². The summed E-state index contributed by atoms with van der Waals surface area (Å²) in [5.41, 5.74) is 2.30. The summed E-state index contributed by atoms with van der Waals surface area (Å²) in [5.74, 6) is 0.875. The zero-order valence-electron chi connectivity index (χ0n) is 9.84. The molecule has 0 aliphatic heterocycles. The second-order valence-electron chi connectivity index (χ2n) is 4.03. The minimum atomic E-state index is 0.395. The first kappa shape index (κ1) is 10.7. The lowest BCUT2D eigenvalue weighted by molar-refractivity contribution is 0.415. The molecule has 16 heavy (non-hydrogen) atoms. The SMILES string of the molecule is COc1ccc(-c2cnn(C(C)C)c2)cc1. The van der Waals surface area contributed by atoms with Crippen LogP contribution in [0.15, 0.2) is 36.7 Å². The fourth-order valence-corrected chi connectivity index (χ4v) is 1.55. The van der Waals surface area contributed by atoms with Crippen LogP contribution in [0.2, 0.25) is 0 Å². The van der Waals surface area contributed by atoms with Crippen LogP contribution in [0.1, 0.15) is 19.9 Å². The van der Waals surface area contributed by atoms with Gasteiger partial charge in [0.1, 0.15) is 5.75 Å². The highest BCUT2D eigenvalue weighted by Gasteiger charge is 2.03. The Morgan fingerprint density at radius 3 is 2.31 bits per heavy atom. The molecule has 0 amide bonds. The van der Waals surface area contributed by atoms with Crippen molar-refractivity contribution in [3.05, 3.63) is 36.7 Å². The molecule has 3 nitrogen and oxygen atoms in total. The van der Waals surface area contributed by atoms with Crippen molar-refractivity contribution in [3.8, 4) is 16.9 Å². The van der Waals surface area contributed by atoms with Crippen LogP contribution in [0.3, 0.4) is 0 Å². The van der Waals surface area contributed by atoms with Gasteiger partial charge in [0.15, 0.2) is 0 Å². The van der Waals surface area contributed by atoms with Gasteiger partial charge in [0.05, 0.1) is 13.3 Å². The first-order valence-corrected chi connectivity index (χ1v) is 5.39. The van der Waals surface area contributed by atoms with Gasteiger partial charge in [-0.1, -0.05) is 12.1 Å². The fraction of sp³-hybridized carbons (Fsp3) is 0.308. The summed E-state index contributed by atoms with van der Waals surface area (Å²) < 4.78 is 7.09. The molecule has 0 bridgehead atoms. The van der Waals surface area contributed by atoms with E-state index >= 15 is 0 Å². The number of ether oxygens (including phenoxy) is 1. The molecule has 0 unspecified atom stereocenters. The molecule has 1 aromatic heterocycles. The van der Waals surface area contributed by atoms with Gasteiger partial charge < -0.3 is 4.74 Å². The number of rotatable bonds is 3. The standard InChI is InChI=1S/C13H16N2O/c1-10(2)15-9-12(8-14-15)11-4-6-13(16-3)7-5-11/h4-10H,1-3H3. The molecule has 0 fully saturated rings. The van der Waals surface area contributed by atoms with E-state index in [-0.39, 0.29) is 0 Å². The number of nitrogens with zero attached hydrogens (tertiary/aromatic N) is 2. The van der Waals surface area contributed by atoms with Crippen molar-refractivity contribution in [3.63, 3.8) is 0 Å². The summed E-state index contributed by atoms with van der Waals surface area (Å²) in [4.78, 5) is 0. The summed E-state index contributed by atoms with van der Waals surface area (Å²) in [6.45, 7) is 4.23. The van der Waals surface area contributed by atoms with Crippen LogP contribution < -0.4 is 4.74 Å². The van der Waals surface area contributed by atoms with E-state index in [9.17, 15) is 0 Å². The average molecular weight is 216 g/mol. The molecule has 0 aliphatic carbocycles. The van der Waals surface area contributed by atoms with Crippen LogP contribution in [-0.2, 0) is 0 Å². The van der Waals surface area contributed by atoms with Crippen molar-refractivity contribution in [2.24, 2.45) is 0 Å². The zero-order chi connectivity index (χ0) is 11.5. The average Bonchev–Trinajstić information content (AvgIpc) is 2.78. The Morgan fingerprint density at radius 2 is 1.81 bits per heavy atom. The first-order valence-electron chi connectivity index (χ1n) is 5.39. The van der Waals surface area contributed by atoms with Gasteiger partial charge >= 0.3 is 0 Å². The Labute approximate surface area is 95.7 Å². The number of benzene rings is 1. The van der Waals surface area contributed by atoms with Crippen LogP contribution in [0.5, 0.6) is 5.75 Å². The third-order valence-corrected chi connectivity index (χ3v) is 2.55. The van der Waals surface area contributed by atoms with Gasteiger partial charge in [-0.2, -0.15) is 5.10 Å². The fourth-order valence-electron chi connectivity index (χ4n) is 1.55. The molecule has 2 aromatic rings. The Balaban J connectivity index is 2.28. The van der Waals surface area contributed by atoms with Gasteiger partial charge in [-0.25, -0.2) is 0 Å². The van der Waals surface area contributed by atoms with Crippen LogP contribution in [-0.4, -0.2) is 16.9 Å². The predicted molar refractivity (Wildman–Crippen MR) is 64.6 cm³/mol. The minimum absolute atomic E-state index is 0.395. The summed E-state index contributed by atoms with van der Waals surface area (Å²) in [6, 6.07) is 8.40. The molecule has 0 saturated carbocycles. The van der Waals surface area contributed by atoms with Crippen LogP contribution in [0, 0.1) is 0 Å². The molecule has 2 rings (SSSR count). The Kier molecular flexibility index (Phi) is 2.95. The number of hydrogen-bond donors (Lipinski definition) is 0. The summed E-state index contributed by atoms with van der Waals surface area (Å²) in [6.07, 6.45) is 3.95. The van der Waals surface area contributed by atoms with E-state index in [2.05, 4.69) is 25.1 Å². The molecule has 0 atom stereocenters. The van der Waals surface area contributed by atoms with Crippen molar-refractivity contribution in [2.75, 3.05) is 7.11 Å².